The monoisotopic (exact) mass is 299 g/mol. The van der Waals surface area contributed by atoms with Gasteiger partial charge in [-0.3, -0.25) is 4.90 Å². The first kappa shape index (κ1) is 15.6. The molecule has 1 aromatic carbocycles. The quantitative estimate of drug-likeness (QED) is 0.851. The topological polar surface area (TPSA) is 32.7 Å². The molecule has 0 radical (unpaired) electrons. The second-order valence-electron chi connectivity index (χ2n) is 6.55. The summed E-state index contributed by atoms with van der Waals surface area (Å²) in [6.45, 7) is 5.26. The van der Waals surface area contributed by atoms with E-state index in [9.17, 15) is 0 Å². The first-order chi connectivity index (χ1) is 10.8. The van der Waals surface area contributed by atoms with E-state index in [1.54, 1.807) is 0 Å². The molecule has 2 aliphatic rings. The van der Waals surface area contributed by atoms with Crippen LogP contribution in [0.15, 0.2) is 24.3 Å². The summed E-state index contributed by atoms with van der Waals surface area (Å²) in [6.07, 6.45) is 5.13. The van der Waals surface area contributed by atoms with Crippen LogP contribution in [-0.4, -0.2) is 42.9 Å². The van der Waals surface area contributed by atoms with Crippen LogP contribution < -0.4 is 0 Å². The fraction of sp³-hybridized carbons (Fsp3) is 0.579. The van der Waals surface area contributed by atoms with Crippen LogP contribution in [0.3, 0.4) is 0 Å². The molecule has 1 spiro atoms. The number of hydrogen-bond donors (Lipinski definition) is 1. The Labute approximate surface area is 133 Å². The van der Waals surface area contributed by atoms with Crippen molar-refractivity contribution in [3.05, 3.63) is 35.4 Å². The number of benzene rings is 1. The first-order valence-corrected chi connectivity index (χ1v) is 8.28. The molecule has 0 unspecified atom stereocenters. The molecule has 22 heavy (non-hydrogen) atoms. The van der Waals surface area contributed by atoms with Crippen LogP contribution in [0.5, 0.6) is 0 Å². The van der Waals surface area contributed by atoms with Gasteiger partial charge in [-0.2, -0.15) is 0 Å². The van der Waals surface area contributed by atoms with Crippen LogP contribution in [0.25, 0.3) is 0 Å². The Hall–Kier alpha value is -1.34. The van der Waals surface area contributed by atoms with E-state index in [2.05, 4.69) is 28.9 Å². The molecule has 0 aromatic heterocycles. The highest BCUT2D eigenvalue weighted by Gasteiger charge is 2.35. The second kappa shape index (κ2) is 7.28. The Balaban J connectivity index is 1.52. The summed E-state index contributed by atoms with van der Waals surface area (Å²) in [4.78, 5) is 2.56. The largest absolute Gasteiger partial charge is 0.384 e. The van der Waals surface area contributed by atoms with E-state index in [1.165, 1.54) is 44.3 Å². The Kier molecular flexibility index (Phi) is 5.15. The van der Waals surface area contributed by atoms with E-state index >= 15 is 0 Å². The normalized spacial score (nSPS) is 21.3. The molecule has 2 fully saturated rings. The summed E-state index contributed by atoms with van der Waals surface area (Å²) >= 11 is 0. The molecule has 0 bridgehead atoms. The van der Waals surface area contributed by atoms with Gasteiger partial charge in [0.2, 0.25) is 0 Å². The third kappa shape index (κ3) is 3.89. The fourth-order valence-electron chi connectivity index (χ4n) is 3.58. The molecule has 2 aliphatic heterocycles. The minimum atomic E-state index is -0.0810. The number of nitrogens with zero attached hydrogens (tertiary/aromatic N) is 1. The zero-order chi connectivity index (χ0) is 15.3. The van der Waals surface area contributed by atoms with Crippen molar-refractivity contribution in [3.8, 4) is 11.8 Å². The van der Waals surface area contributed by atoms with Crippen LogP contribution >= 0.6 is 0 Å². The molecule has 2 saturated heterocycles. The molecule has 0 saturated carbocycles. The number of rotatable bonds is 2. The molecule has 118 valence electrons. The SMILES string of the molecule is OCC#Cc1ccc(CN2CCC3(CCOCC3)CC2)cc1. The second-order valence-corrected chi connectivity index (χ2v) is 6.55. The molecular weight excluding hydrogens is 274 g/mol. The number of likely N-dealkylation sites (tertiary alicyclic amines) is 1. The lowest BCUT2D eigenvalue weighted by molar-refractivity contribution is -0.0217. The Morgan fingerprint density at radius 3 is 2.36 bits per heavy atom. The third-order valence-corrected chi connectivity index (χ3v) is 5.14. The van der Waals surface area contributed by atoms with Crippen molar-refractivity contribution in [2.45, 2.75) is 32.2 Å². The summed E-state index contributed by atoms with van der Waals surface area (Å²) in [5.74, 6) is 5.62. The molecule has 3 heteroatoms. The lowest BCUT2D eigenvalue weighted by Gasteiger charge is -2.44. The van der Waals surface area contributed by atoms with Gasteiger partial charge >= 0.3 is 0 Å². The van der Waals surface area contributed by atoms with Crippen molar-refractivity contribution < 1.29 is 9.84 Å². The zero-order valence-electron chi connectivity index (χ0n) is 13.2. The minimum absolute atomic E-state index is 0.0810. The number of aliphatic hydroxyl groups is 1. The van der Waals surface area contributed by atoms with Gasteiger partial charge in [-0.25, -0.2) is 0 Å². The van der Waals surface area contributed by atoms with Gasteiger partial charge in [-0.05, 0) is 61.9 Å². The van der Waals surface area contributed by atoms with Crippen LogP contribution in [-0.2, 0) is 11.3 Å². The van der Waals surface area contributed by atoms with Crippen molar-refractivity contribution in [2.75, 3.05) is 32.9 Å². The summed E-state index contributed by atoms with van der Waals surface area (Å²) in [7, 11) is 0. The van der Waals surface area contributed by atoms with E-state index < -0.39 is 0 Å². The Morgan fingerprint density at radius 2 is 1.73 bits per heavy atom. The lowest BCUT2D eigenvalue weighted by atomic mass is 9.72. The Morgan fingerprint density at radius 1 is 1.05 bits per heavy atom. The third-order valence-electron chi connectivity index (χ3n) is 5.14. The summed E-state index contributed by atoms with van der Waals surface area (Å²) in [5, 5.41) is 8.72. The van der Waals surface area contributed by atoms with Crippen LogP contribution in [0.4, 0.5) is 0 Å². The molecule has 2 heterocycles. The van der Waals surface area contributed by atoms with E-state index in [1.807, 2.05) is 12.1 Å². The Bertz CT molecular complexity index is 525. The van der Waals surface area contributed by atoms with E-state index in [0.717, 1.165) is 25.3 Å². The first-order valence-electron chi connectivity index (χ1n) is 8.28. The maximum absolute atomic E-state index is 8.72. The van der Waals surface area contributed by atoms with Gasteiger partial charge in [0.05, 0.1) is 0 Å². The molecule has 0 aliphatic carbocycles. The average Bonchev–Trinajstić information content (AvgIpc) is 2.57. The number of hydrogen-bond acceptors (Lipinski definition) is 3. The average molecular weight is 299 g/mol. The summed E-state index contributed by atoms with van der Waals surface area (Å²) in [5.41, 5.74) is 2.88. The number of ether oxygens (including phenoxy) is 1. The maximum atomic E-state index is 8.72. The highest BCUT2D eigenvalue weighted by Crippen LogP contribution is 2.40. The predicted octanol–water partition coefficient (Wildman–Crippen LogP) is 2.42. The smallest absolute Gasteiger partial charge is 0.104 e. The van der Waals surface area contributed by atoms with Crippen molar-refractivity contribution in [2.24, 2.45) is 5.41 Å². The van der Waals surface area contributed by atoms with Crippen LogP contribution in [0, 0.1) is 17.3 Å². The van der Waals surface area contributed by atoms with Gasteiger partial charge in [0.25, 0.3) is 0 Å². The molecule has 1 N–H and O–H groups in total. The van der Waals surface area contributed by atoms with Gasteiger partial charge in [-0.15, -0.1) is 0 Å². The maximum Gasteiger partial charge on any atom is 0.104 e. The van der Waals surface area contributed by atoms with Gasteiger partial charge in [0.15, 0.2) is 0 Å². The van der Waals surface area contributed by atoms with E-state index in [0.29, 0.717) is 5.41 Å². The molecule has 1 aromatic rings. The lowest BCUT2D eigenvalue weighted by Crippen LogP contribution is -2.42. The molecule has 3 nitrogen and oxygen atoms in total. The molecule has 0 amide bonds. The minimum Gasteiger partial charge on any atom is -0.384 e. The zero-order valence-corrected chi connectivity index (χ0v) is 13.2. The van der Waals surface area contributed by atoms with E-state index in [-0.39, 0.29) is 6.61 Å². The van der Waals surface area contributed by atoms with Gasteiger partial charge in [-0.1, -0.05) is 24.0 Å². The van der Waals surface area contributed by atoms with Crippen molar-refractivity contribution in [1.82, 2.24) is 4.90 Å². The van der Waals surface area contributed by atoms with Gasteiger partial charge < -0.3 is 9.84 Å². The highest BCUT2D eigenvalue weighted by molar-refractivity contribution is 5.36. The predicted molar refractivity (Wildman–Crippen MR) is 87.4 cm³/mol. The highest BCUT2D eigenvalue weighted by atomic mass is 16.5. The van der Waals surface area contributed by atoms with Crippen molar-refractivity contribution >= 4 is 0 Å². The summed E-state index contributed by atoms with van der Waals surface area (Å²) < 4.78 is 5.52. The molecule has 0 atom stereocenters. The number of aliphatic hydroxyl groups excluding tert-OH is 1. The number of piperidine rings is 1. The molecule has 3 rings (SSSR count). The molecular formula is C19H25NO2. The van der Waals surface area contributed by atoms with Crippen LogP contribution in [0.1, 0.15) is 36.8 Å². The fourth-order valence-corrected chi connectivity index (χ4v) is 3.58. The van der Waals surface area contributed by atoms with Crippen molar-refractivity contribution in [3.63, 3.8) is 0 Å². The van der Waals surface area contributed by atoms with E-state index in [4.69, 9.17) is 9.84 Å². The standard InChI is InChI=1S/C19H25NO2/c21-13-1-2-17-3-5-18(6-4-17)16-20-11-7-19(8-12-20)9-14-22-15-10-19/h3-6,21H,7-16H2. The van der Waals surface area contributed by atoms with Crippen LogP contribution in [0.2, 0.25) is 0 Å². The summed E-state index contributed by atoms with van der Waals surface area (Å²) in [6, 6.07) is 8.39. The van der Waals surface area contributed by atoms with Gasteiger partial charge in [0.1, 0.15) is 6.61 Å². The van der Waals surface area contributed by atoms with Crippen molar-refractivity contribution in [1.29, 1.82) is 0 Å². The van der Waals surface area contributed by atoms with Gasteiger partial charge in [0, 0.05) is 25.3 Å².